The second-order valence-corrected chi connectivity index (χ2v) is 4.65. The van der Waals surface area contributed by atoms with E-state index in [1.54, 1.807) is 6.07 Å². The lowest BCUT2D eigenvalue weighted by atomic mass is 10.2. The number of nitrogen functional groups attached to an aromatic ring is 1. The van der Waals surface area contributed by atoms with E-state index in [1.165, 1.54) is 0 Å². The molecule has 0 spiro atoms. The van der Waals surface area contributed by atoms with Gasteiger partial charge in [-0.3, -0.25) is 0 Å². The number of halogens is 1. The van der Waals surface area contributed by atoms with Crippen LogP contribution in [0.15, 0.2) is 36.4 Å². The van der Waals surface area contributed by atoms with Gasteiger partial charge < -0.3 is 20.5 Å². The van der Waals surface area contributed by atoms with Gasteiger partial charge in [0.2, 0.25) is 0 Å². The number of anilines is 3. The van der Waals surface area contributed by atoms with Gasteiger partial charge in [-0.15, -0.1) is 0 Å². The van der Waals surface area contributed by atoms with Crippen molar-refractivity contribution in [2.24, 2.45) is 0 Å². The van der Waals surface area contributed by atoms with Crippen molar-refractivity contribution in [1.29, 1.82) is 0 Å². The maximum absolute atomic E-state index is 6.00. The highest BCUT2D eigenvalue weighted by Crippen LogP contribution is 2.38. The van der Waals surface area contributed by atoms with E-state index in [0.717, 1.165) is 11.4 Å². The van der Waals surface area contributed by atoms with Gasteiger partial charge in [-0.1, -0.05) is 17.7 Å². The molecule has 1 heterocycles. The molecule has 0 saturated carbocycles. The quantitative estimate of drug-likeness (QED) is 0.825. The summed E-state index contributed by atoms with van der Waals surface area (Å²) in [5.74, 6) is 1.38. The first-order valence-electron chi connectivity index (χ1n) is 5.94. The first kappa shape index (κ1) is 12.0. The number of fused-ring (bicyclic) bond motifs is 1. The van der Waals surface area contributed by atoms with Crippen molar-refractivity contribution in [2.45, 2.75) is 0 Å². The highest BCUT2D eigenvalue weighted by Gasteiger charge is 2.14. The Balaban J connectivity index is 1.92. The van der Waals surface area contributed by atoms with Crippen LogP contribution in [0.4, 0.5) is 17.1 Å². The van der Waals surface area contributed by atoms with Crippen LogP contribution in [0.1, 0.15) is 0 Å². The van der Waals surface area contributed by atoms with E-state index >= 15 is 0 Å². The molecule has 0 saturated heterocycles. The third-order valence-corrected chi connectivity index (χ3v) is 3.05. The zero-order valence-corrected chi connectivity index (χ0v) is 10.9. The Morgan fingerprint density at radius 2 is 1.79 bits per heavy atom. The van der Waals surface area contributed by atoms with Crippen LogP contribution in [0.25, 0.3) is 0 Å². The van der Waals surface area contributed by atoms with Crippen LogP contribution >= 0.6 is 11.6 Å². The van der Waals surface area contributed by atoms with E-state index in [9.17, 15) is 0 Å². The molecule has 19 heavy (non-hydrogen) atoms. The van der Waals surface area contributed by atoms with Gasteiger partial charge in [0.15, 0.2) is 11.5 Å². The Bertz CT molecular complexity index is 616. The van der Waals surface area contributed by atoms with E-state index in [1.807, 2.05) is 30.3 Å². The summed E-state index contributed by atoms with van der Waals surface area (Å²) in [6.45, 7) is 1.10. The van der Waals surface area contributed by atoms with Gasteiger partial charge >= 0.3 is 0 Å². The predicted octanol–water partition coefficient (Wildman–Crippen LogP) is 3.44. The first-order valence-corrected chi connectivity index (χ1v) is 6.32. The lowest BCUT2D eigenvalue weighted by molar-refractivity contribution is 0.172. The molecule has 0 amide bonds. The Morgan fingerprint density at radius 3 is 2.53 bits per heavy atom. The van der Waals surface area contributed by atoms with Crippen molar-refractivity contribution in [1.82, 2.24) is 0 Å². The number of hydrogen-bond donors (Lipinski definition) is 2. The van der Waals surface area contributed by atoms with E-state index in [0.29, 0.717) is 35.4 Å². The summed E-state index contributed by atoms with van der Waals surface area (Å²) < 4.78 is 11.0. The standard InChI is InChI=1S/C14H13ClN2O2/c15-9-2-1-3-10(6-9)17-12-8-14-13(7-11(12)16)18-4-5-19-14/h1-3,6-8,17H,4-5,16H2. The lowest BCUT2D eigenvalue weighted by Crippen LogP contribution is -2.15. The normalized spacial score (nSPS) is 13.1. The molecule has 0 radical (unpaired) electrons. The van der Waals surface area contributed by atoms with Crippen LogP contribution in [0, 0.1) is 0 Å². The zero-order chi connectivity index (χ0) is 13.2. The molecule has 0 aliphatic carbocycles. The van der Waals surface area contributed by atoms with Crippen LogP contribution in [0.3, 0.4) is 0 Å². The van der Waals surface area contributed by atoms with Crippen LogP contribution in [0.2, 0.25) is 5.02 Å². The summed E-state index contributed by atoms with van der Waals surface area (Å²) >= 11 is 5.95. The van der Waals surface area contributed by atoms with Crippen LogP contribution in [0.5, 0.6) is 11.5 Å². The second kappa shape index (κ2) is 4.90. The topological polar surface area (TPSA) is 56.5 Å². The molecule has 5 heteroatoms. The van der Waals surface area contributed by atoms with Gasteiger partial charge in [0, 0.05) is 22.8 Å². The maximum atomic E-state index is 6.00. The van der Waals surface area contributed by atoms with Gasteiger partial charge in [-0.05, 0) is 18.2 Å². The minimum atomic E-state index is 0.549. The molecule has 1 aliphatic heterocycles. The fourth-order valence-corrected chi connectivity index (χ4v) is 2.12. The van der Waals surface area contributed by atoms with Gasteiger partial charge in [-0.25, -0.2) is 0 Å². The molecule has 0 unspecified atom stereocenters. The molecule has 1 aliphatic rings. The number of rotatable bonds is 2. The fraction of sp³-hybridized carbons (Fsp3) is 0.143. The number of nitrogens with two attached hydrogens (primary N) is 1. The third-order valence-electron chi connectivity index (χ3n) is 2.82. The van der Waals surface area contributed by atoms with Gasteiger partial charge in [0.25, 0.3) is 0 Å². The molecule has 0 aromatic heterocycles. The molecule has 2 aromatic carbocycles. The summed E-state index contributed by atoms with van der Waals surface area (Å²) in [5.41, 5.74) is 8.24. The summed E-state index contributed by atoms with van der Waals surface area (Å²) in [6.07, 6.45) is 0. The number of nitrogens with one attached hydrogen (secondary N) is 1. The highest BCUT2D eigenvalue weighted by molar-refractivity contribution is 6.30. The summed E-state index contributed by atoms with van der Waals surface area (Å²) in [7, 11) is 0. The zero-order valence-electron chi connectivity index (χ0n) is 10.2. The minimum Gasteiger partial charge on any atom is -0.486 e. The van der Waals surface area contributed by atoms with Crippen molar-refractivity contribution < 1.29 is 9.47 Å². The average Bonchev–Trinajstić information content (AvgIpc) is 2.40. The van der Waals surface area contributed by atoms with Crippen LogP contribution in [-0.4, -0.2) is 13.2 Å². The molecule has 0 bridgehead atoms. The molecule has 0 fully saturated rings. The van der Waals surface area contributed by atoms with Gasteiger partial charge in [0.1, 0.15) is 13.2 Å². The first-order chi connectivity index (χ1) is 9.22. The molecule has 3 rings (SSSR count). The van der Waals surface area contributed by atoms with Gasteiger partial charge in [0.05, 0.1) is 11.4 Å². The van der Waals surface area contributed by atoms with Crippen molar-refractivity contribution in [3.8, 4) is 11.5 Å². The maximum Gasteiger partial charge on any atom is 0.163 e. The summed E-state index contributed by atoms with van der Waals surface area (Å²) in [6, 6.07) is 11.0. The fourth-order valence-electron chi connectivity index (χ4n) is 1.93. The molecule has 2 aromatic rings. The Kier molecular flexibility index (Phi) is 3.09. The van der Waals surface area contributed by atoms with Crippen LogP contribution in [-0.2, 0) is 0 Å². The highest BCUT2D eigenvalue weighted by atomic mass is 35.5. The van der Waals surface area contributed by atoms with Gasteiger partial charge in [-0.2, -0.15) is 0 Å². The van der Waals surface area contributed by atoms with Crippen molar-refractivity contribution in [2.75, 3.05) is 24.3 Å². The third kappa shape index (κ3) is 2.53. The largest absolute Gasteiger partial charge is 0.486 e. The van der Waals surface area contributed by atoms with Crippen LogP contribution < -0.4 is 20.5 Å². The Hall–Kier alpha value is -2.07. The number of hydrogen-bond acceptors (Lipinski definition) is 4. The average molecular weight is 277 g/mol. The number of ether oxygens (including phenoxy) is 2. The summed E-state index contributed by atoms with van der Waals surface area (Å²) in [4.78, 5) is 0. The van der Waals surface area contributed by atoms with Crippen molar-refractivity contribution in [3.05, 3.63) is 41.4 Å². The predicted molar refractivity (Wildman–Crippen MR) is 76.6 cm³/mol. The molecular formula is C14H13ClN2O2. The molecule has 4 nitrogen and oxygen atoms in total. The summed E-state index contributed by atoms with van der Waals surface area (Å²) in [5, 5.41) is 3.89. The Labute approximate surface area is 116 Å². The molecule has 98 valence electrons. The van der Waals surface area contributed by atoms with Crippen molar-refractivity contribution in [3.63, 3.8) is 0 Å². The molecular weight excluding hydrogens is 264 g/mol. The molecule has 0 atom stereocenters. The SMILES string of the molecule is Nc1cc2c(cc1Nc1cccc(Cl)c1)OCCO2. The number of benzene rings is 2. The smallest absolute Gasteiger partial charge is 0.163 e. The monoisotopic (exact) mass is 276 g/mol. The van der Waals surface area contributed by atoms with E-state index in [4.69, 9.17) is 26.8 Å². The van der Waals surface area contributed by atoms with E-state index in [2.05, 4.69) is 5.32 Å². The van der Waals surface area contributed by atoms with E-state index in [-0.39, 0.29) is 0 Å². The van der Waals surface area contributed by atoms with Crippen molar-refractivity contribution >= 4 is 28.7 Å². The van der Waals surface area contributed by atoms with E-state index < -0.39 is 0 Å². The second-order valence-electron chi connectivity index (χ2n) is 4.22. The Morgan fingerprint density at radius 1 is 1.05 bits per heavy atom. The lowest BCUT2D eigenvalue weighted by Gasteiger charge is -2.20. The molecule has 3 N–H and O–H groups in total. The minimum absolute atomic E-state index is 0.549.